The average molecular weight is 718 g/mol. The molecule has 0 saturated carbocycles. The summed E-state index contributed by atoms with van der Waals surface area (Å²) in [6.07, 6.45) is 12.6. The highest BCUT2D eigenvalue weighted by Gasteiger charge is 2.26. The van der Waals surface area contributed by atoms with Crippen molar-refractivity contribution in [2.24, 2.45) is 28.2 Å². The fourth-order valence-electron chi connectivity index (χ4n) is 3.69. The molecule has 4 heterocycles. The number of halogens is 16. The van der Waals surface area contributed by atoms with Crippen LogP contribution in [-0.4, -0.2) is 29.0 Å². The zero-order chi connectivity index (χ0) is 37.7. The molecule has 0 amide bonds. The van der Waals surface area contributed by atoms with Gasteiger partial charge >= 0.3 is 29.0 Å². The van der Waals surface area contributed by atoms with Crippen molar-refractivity contribution < 1.29 is 87.3 Å². The number of nitrogens with zero attached hydrogens (tertiary/aromatic N) is 4. The second kappa shape index (κ2) is 18.3. The van der Waals surface area contributed by atoms with Gasteiger partial charge in [-0.15, -0.1) is 0 Å². The molecule has 4 rings (SSSR count). The standard InChI is InChI=1S/C24H26N4.4BF4/c1-25-15-9-19(10-16-25)23-21(7-5-13-27(23)3)22-8-6-14-28(4)24(22)20-11-17-26(2)18-12-20;4*2-1(3,4)5/h5-18H,1-4H3;;;;/q+4;4*-1. The van der Waals surface area contributed by atoms with E-state index < -0.39 is 29.0 Å². The SMILES string of the molecule is C[n+]1ccc(-c2c(-c3ccc[n+](C)c3-c3cc[n+](C)cc3)ccc[n+]2C)cc1.F[B-](F)(F)F.F[B-](F)(F)F.F[B-](F)(F)F.F[B-](F)(F)F. The maximum atomic E-state index is 9.75. The molecule has 0 radical (unpaired) electrons. The Morgan fingerprint density at radius 1 is 0.354 bits per heavy atom. The zero-order valence-electron chi connectivity index (χ0n) is 25.2. The molecule has 24 heteroatoms. The zero-order valence-corrected chi connectivity index (χ0v) is 25.2. The van der Waals surface area contributed by atoms with E-state index in [2.05, 4.69) is 118 Å². The lowest BCUT2D eigenvalue weighted by Crippen LogP contribution is -2.34. The predicted molar refractivity (Wildman–Crippen MR) is 148 cm³/mol. The third-order valence-corrected chi connectivity index (χ3v) is 5.15. The maximum Gasteiger partial charge on any atom is 0.673 e. The topological polar surface area (TPSA) is 15.5 Å². The molecule has 0 N–H and O–H groups in total. The van der Waals surface area contributed by atoms with Crippen molar-refractivity contribution in [3.8, 4) is 33.6 Å². The van der Waals surface area contributed by atoms with E-state index in [0.29, 0.717) is 0 Å². The van der Waals surface area contributed by atoms with Gasteiger partial charge in [-0.25, -0.2) is 18.3 Å². The summed E-state index contributed by atoms with van der Waals surface area (Å²) < 4.78 is 165. The molecule has 0 unspecified atom stereocenters. The van der Waals surface area contributed by atoms with Gasteiger partial charge in [-0.3, -0.25) is 0 Å². The Balaban J connectivity index is 0.000000903. The lowest BCUT2D eigenvalue weighted by molar-refractivity contribution is -0.672. The van der Waals surface area contributed by atoms with Gasteiger partial charge < -0.3 is 69.1 Å². The molecule has 0 aliphatic rings. The number of hydrogen-bond acceptors (Lipinski definition) is 0. The van der Waals surface area contributed by atoms with Crippen LogP contribution in [0.1, 0.15) is 0 Å². The first-order valence-corrected chi connectivity index (χ1v) is 12.9. The van der Waals surface area contributed by atoms with Gasteiger partial charge in [0.15, 0.2) is 37.2 Å². The van der Waals surface area contributed by atoms with Gasteiger partial charge in [0.2, 0.25) is 11.4 Å². The van der Waals surface area contributed by atoms with E-state index >= 15 is 0 Å². The molecule has 4 aromatic rings. The van der Waals surface area contributed by atoms with Gasteiger partial charge in [0.05, 0.1) is 22.3 Å². The van der Waals surface area contributed by atoms with Crippen molar-refractivity contribution in [3.05, 3.63) is 85.7 Å². The Hall–Kier alpha value is -4.26. The summed E-state index contributed by atoms with van der Waals surface area (Å²) >= 11 is 0. The van der Waals surface area contributed by atoms with Crippen molar-refractivity contribution in [1.82, 2.24) is 0 Å². The van der Waals surface area contributed by atoms with Gasteiger partial charge in [-0.1, -0.05) is 0 Å². The minimum absolute atomic E-state index is 1.20. The molecule has 0 bridgehead atoms. The lowest BCUT2D eigenvalue weighted by Gasteiger charge is -2.10. The van der Waals surface area contributed by atoms with E-state index in [9.17, 15) is 69.1 Å². The minimum Gasteiger partial charge on any atom is -0.418 e. The van der Waals surface area contributed by atoms with Gasteiger partial charge in [-0.05, 0) is 12.1 Å². The molecule has 48 heavy (non-hydrogen) atoms. The number of pyridine rings is 4. The van der Waals surface area contributed by atoms with Crippen LogP contribution in [0.15, 0.2) is 85.7 Å². The van der Waals surface area contributed by atoms with Crippen LogP contribution in [0.25, 0.3) is 33.6 Å². The first kappa shape index (κ1) is 43.7. The molecule has 0 atom stereocenters. The Kier molecular flexibility index (Phi) is 16.7. The Morgan fingerprint density at radius 3 is 0.771 bits per heavy atom. The summed E-state index contributed by atoms with van der Waals surface area (Å²) in [5, 5.41) is 0. The van der Waals surface area contributed by atoms with Crippen LogP contribution in [0, 0.1) is 0 Å². The van der Waals surface area contributed by atoms with Crippen LogP contribution < -0.4 is 18.3 Å². The van der Waals surface area contributed by atoms with Crippen molar-refractivity contribution in [1.29, 1.82) is 0 Å². The van der Waals surface area contributed by atoms with Crippen molar-refractivity contribution >= 4 is 29.0 Å². The Morgan fingerprint density at radius 2 is 0.562 bits per heavy atom. The van der Waals surface area contributed by atoms with Crippen LogP contribution in [0.3, 0.4) is 0 Å². The van der Waals surface area contributed by atoms with E-state index in [0.717, 1.165) is 0 Å². The van der Waals surface area contributed by atoms with E-state index in [4.69, 9.17) is 0 Å². The second-order valence-corrected chi connectivity index (χ2v) is 9.25. The fraction of sp³-hybridized carbons (Fsp3) is 0.167. The number of aryl methyl sites for hydroxylation is 4. The summed E-state index contributed by atoms with van der Waals surface area (Å²) in [6, 6.07) is 17.3. The van der Waals surface area contributed by atoms with Crippen LogP contribution in [-0.2, 0) is 28.2 Å². The highest BCUT2D eigenvalue weighted by molar-refractivity contribution is 6.51. The summed E-state index contributed by atoms with van der Waals surface area (Å²) in [5.74, 6) is 0. The number of hydrogen-bond donors (Lipinski definition) is 0. The van der Waals surface area contributed by atoms with E-state index in [1.807, 2.05) is 14.1 Å². The molecule has 4 nitrogen and oxygen atoms in total. The first-order valence-electron chi connectivity index (χ1n) is 12.9. The number of aromatic nitrogens is 4. The van der Waals surface area contributed by atoms with E-state index in [1.54, 1.807) is 0 Å². The molecule has 0 spiro atoms. The van der Waals surface area contributed by atoms with E-state index in [-0.39, 0.29) is 0 Å². The molecular weight excluding hydrogens is 692 g/mol. The average Bonchev–Trinajstić information content (AvgIpc) is 2.86. The van der Waals surface area contributed by atoms with Gasteiger partial charge in [0, 0.05) is 36.4 Å². The summed E-state index contributed by atoms with van der Waals surface area (Å²) in [4.78, 5) is 0. The van der Waals surface area contributed by atoms with Gasteiger partial charge in [0.1, 0.15) is 28.2 Å². The molecule has 0 aliphatic carbocycles. The summed E-state index contributed by atoms with van der Waals surface area (Å²) in [5.41, 5.74) is 7.26. The molecule has 0 saturated heterocycles. The highest BCUT2D eigenvalue weighted by atomic mass is 19.5. The normalized spacial score (nSPS) is 11.3. The number of rotatable bonds is 3. The van der Waals surface area contributed by atoms with Crippen LogP contribution in [0.4, 0.5) is 69.1 Å². The highest BCUT2D eigenvalue weighted by Crippen LogP contribution is 2.34. The maximum absolute atomic E-state index is 9.75. The van der Waals surface area contributed by atoms with Crippen LogP contribution in [0.5, 0.6) is 0 Å². The second-order valence-electron chi connectivity index (χ2n) is 9.25. The van der Waals surface area contributed by atoms with Crippen LogP contribution in [0.2, 0.25) is 0 Å². The van der Waals surface area contributed by atoms with Crippen molar-refractivity contribution in [2.45, 2.75) is 0 Å². The van der Waals surface area contributed by atoms with Crippen molar-refractivity contribution in [2.75, 3.05) is 0 Å². The lowest BCUT2D eigenvalue weighted by atomic mass is 9.95. The van der Waals surface area contributed by atoms with Gasteiger partial charge in [0.25, 0.3) is 0 Å². The molecule has 0 aliphatic heterocycles. The minimum atomic E-state index is -6.00. The predicted octanol–water partition coefficient (Wildman–Crippen LogP) is 7.19. The fourth-order valence-corrected chi connectivity index (χ4v) is 3.69. The molecule has 0 fully saturated rings. The quantitative estimate of drug-likeness (QED) is 0.121. The Bertz CT molecular complexity index is 1380. The van der Waals surface area contributed by atoms with Crippen LogP contribution >= 0.6 is 0 Å². The molecule has 4 aromatic heterocycles. The third-order valence-electron chi connectivity index (χ3n) is 5.15. The Labute approximate surface area is 264 Å². The van der Waals surface area contributed by atoms with Gasteiger partial charge in [-0.2, -0.15) is 0 Å². The first-order chi connectivity index (χ1) is 21.5. The molecule has 0 aromatic carbocycles. The monoisotopic (exact) mass is 718 g/mol. The largest absolute Gasteiger partial charge is 0.673 e. The van der Waals surface area contributed by atoms with E-state index in [1.165, 1.54) is 33.6 Å². The smallest absolute Gasteiger partial charge is 0.418 e. The summed E-state index contributed by atoms with van der Waals surface area (Å²) in [6.45, 7) is 0. The van der Waals surface area contributed by atoms with Crippen molar-refractivity contribution in [3.63, 3.8) is 0 Å². The summed E-state index contributed by atoms with van der Waals surface area (Å²) in [7, 11) is -15.7. The molecule has 266 valence electrons. The third kappa shape index (κ3) is 22.3. The molecular formula is C24H26B4F16N4.